The van der Waals surface area contributed by atoms with Crippen molar-refractivity contribution in [1.82, 2.24) is 15.1 Å². The van der Waals surface area contributed by atoms with Gasteiger partial charge in [0.25, 0.3) is 0 Å². The number of aryl methyl sites for hydroxylation is 1. The molecule has 0 bridgehead atoms. The summed E-state index contributed by atoms with van der Waals surface area (Å²) in [6.07, 6.45) is 3.62. The Bertz CT molecular complexity index is 322. The first-order valence-corrected chi connectivity index (χ1v) is 5.93. The molecule has 1 unspecified atom stereocenters. The number of nitrogens with zero attached hydrogens (tertiary/aromatic N) is 2. The number of nitrogens with one attached hydrogen (secondary N) is 1. The summed E-state index contributed by atoms with van der Waals surface area (Å²) in [5.41, 5.74) is 2.58. The van der Waals surface area contributed by atoms with E-state index in [1.807, 2.05) is 4.68 Å². The quantitative estimate of drug-likeness (QED) is 0.822. The predicted octanol–water partition coefficient (Wildman–Crippen LogP) is 2.04. The summed E-state index contributed by atoms with van der Waals surface area (Å²) in [5.74, 6) is 0.685. The van der Waals surface area contributed by atoms with E-state index in [2.05, 4.69) is 37.4 Å². The lowest BCUT2D eigenvalue weighted by Crippen LogP contribution is -2.16. The summed E-state index contributed by atoms with van der Waals surface area (Å²) in [7, 11) is 2.05. The van der Waals surface area contributed by atoms with Crippen molar-refractivity contribution in [3.63, 3.8) is 0 Å². The lowest BCUT2D eigenvalue weighted by atomic mass is 10.1. The smallest absolute Gasteiger partial charge is 0.0630 e. The van der Waals surface area contributed by atoms with E-state index >= 15 is 0 Å². The zero-order chi connectivity index (χ0) is 10.8. The van der Waals surface area contributed by atoms with Crippen molar-refractivity contribution in [2.24, 2.45) is 13.0 Å². The molecule has 1 saturated heterocycles. The molecule has 0 aromatic carbocycles. The maximum Gasteiger partial charge on any atom is 0.0630 e. The molecule has 0 radical (unpaired) electrons. The Kier molecular flexibility index (Phi) is 3.10. The summed E-state index contributed by atoms with van der Waals surface area (Å²) >= 11 is 0. The number of hydrogen-bond donors (Lipinski definition) is 1. The fraction of sp³-hybridized carbons (Fsp3) is 0.750. The van der Waals surface area contributed by atoms with Crippen LogP contribution in [0.15, 0.2) is 6.07 Å². The highest BCUT2D eigenvalue weighted by Gasteiger charge is 2.20. The number of rotatable bonds is 3. The van der Waals surface area contributed by atoms with Crippen molar-refractivity contribution in [3.05, 3.63) is 17.5 Å². The Morgan fingerprint density at radius 2 is 2.40 bits per heavy atom. The van der Waals surface area contributed by atoms with Crippen molar-refractivity contribution in [2.45, 2.75) is 39.2 Å². The lowest BCUT2D eigenvalue weighted by molar-refractivity contribution is 0.568. The van der Waals surface area contributed by atoms with Crippen LogP contribution >= 0.6 is 0 Å². The normalized spacial score (nSPS) is 21.5. The fourth-order valence-electron chi connectivity index (χ4n) is 2.32. The highest BCUT2D eigenvalue weighted by atomic mass is 15.3. The minimum atomic E-state index is 0.531. The Labute approximate surface area is 91.9 Å². The van der Waals surface area contributed by atoms with E-state index in [0.717, 1.165) is 13.0 Å². The van der Waals surface area contributed by atoms with Gasteiger partial charge >= 0.3 is 0 Å². The lowest BCUT2D eigenvalue weighted by Gasteiger charge is -2.09. The predicted molar refractivity (Wildman–Crippen MR) is 61.7 cm³/mol. The molecule has 1 fully saturated rings. The SMILES string of the molecule is CC(C)Cc1cc(C2CCCN2)n(C)n1. The molecule has 1 aliphatic heterocycles. The molecule has 3 nitrogen and oxygen atoms in total. The summed E-state index contributed by atoms with van der Waals surface area (Å²) in [5, 5.41) is 8.09. The van der Waals surface area contributed by atoms with Crippen LogP contribution in [0.4, 0.5) is 0 Å². The van der Waals surface area contributed by atoms with Crippen molar-refractivity contribution < 1.29 is 0 Å². The van der Waals surface area contributed by atoms with Crippen molar-refractivity contribution >= 4 is 0 Å². The maximum atomic E-state index is 4.57. The van der Waals surface area contributed by atoms with E-state index in [9.17, 15) is 0 Å². The van der Waals surface area contributed by atoms with Gasteiger partial charge in [0.2, 0.25) is 0 Å². The number of hydrogen-bond acceptors (Lipinski definition) is 2. The zero-order valence-corrected chi connectivity index (χ0v) is 9.95. The van der Waals surface area contributed by atoms with Crippen LogP contribution in [0, 0.1) is 5.92 Å². The molecule has 2 heterocycles. The second-order valence-electron chi connectivity index (χ2n) is 4.93. The van der Waals surface area contributed by atoms with E-state index in [0.29, 0.717) is 12.0 Å². The minimum Gasteiger partial charge on any atom is -0.309 e. The van der Waals surface area contributed by atoms with E-state index in [1.54, 1.807) is 0 Å². The Hall–Kier alpha value is -0.830. The summed E-state index contributed by atoms with van der Waals surface area (Å²) < 4.78 is 2.04. The van der Waals surface area contributed by atoms with Crippen molar-refractivity contribution in [2.75, 3.05) is 6.54 Å². The molecule has 1 aromatic rings. The van der Waals surface area contributed by atoms with Crippen LogP contribution in [0.1, 0.15) is 44.1 Å². The monoisotopic (exact) mass is 207 g/mol. The molecule has 2 rings (SSSR count). The van der Waals surface area contributed by atoms with E-state index in [4.69, 9.17) is 0 Å². The third-order valence-corrected chi connectivity index (χ3v) is 3.00. The third kappa shape index (κ3) is 2.40. The molecule has 1 aromatic heterocycles. The van der Waals surface area contributed by atoms with Gasteiger partial charge in [-0.2, -0.15) is 5.10 Å². The third-order valence-electron chi connectivity index (χ3n) is 3.00. The summed E-state index contributed by atoms with van der Waals surface area (Å²) in [6, 6.07) is 2.80. The Balaban J connectivity index is 2.13. The van der Waals surface area contributed by atoms with Gasteiger partial charge in [-0.05, 0) is 37.8 Å². The topological polar surface area (TPSA) is 29.9 Å². The van der Waals surface area contributed by atoms with Gasteiger partial charge in [0, 0.05) is 13.1 Å². The van der Waals surface area contributed by atoms with Gasteiger partial charge in [-0.15, -0.1) is 0 Å². The van der Waals surface area contributed by atoms with Gasteiger partial charge in [0.15, 0.2) is 0 Å². The van der Waals surface area contributed by atoms with Crippen LogP contribution in [0.3, 0.4) is 0 Å². The highest BCUT2D eigenvalue weighted by molar-refractivity contribution is 5.15. The van der Waals surface area contributed by atoms with Crippen LogP contribution < -0.4 is 5.32 Å². The van der Waals surface area contributed by atoms with E-state index < -0.39 is 0 Å². The minimum absolute atomic E-state index is 0.531. The van der Waals surface area contributed by atoms with Crippen molar-refractivity contribution in [3.8, 4) is 0 Å². The molecule has 0 saturated carbocycles. The highest BCUT2D eigenvalue weighted by Crippen LogP contribution is 2.23. The maximum absolute atomic E-state index is 4.57. The van der Waals surface area contributed by atoms with E-state index in [1.165, 1.54) is 24.2 Å². The van der Waals surface area contributed by atoms with Crippen LogP contribution in [0.25, 0.3) is 0 Å². The molecule has 1 aliphatic rings. The molecule has 1 N–H and O–H groups in total. The molecule has 84 valence electrons. The summed E-state index contributed by atoms with van der Waals surface area (Å²) in [4.78, 5) is 0. The average Bonchev–Trinajstić information content (AvgIpc) is 2.72. The van der Waals surface area contributed by atoms with Gasteiger partial charge in [-0.1, -0.05) is 13.8 Å². The number of aromatic nitrogens is 2. The van der Waals surface area contributed by atoms with Crippen LogP contribution in [-0.4, -0.2) is 16.3 Å². The second kappa shape index (κ2) is 4.35. The molecule has 0 amide bonds. The van der Waals surface area contributed by atoms with Gasteiger partial charge in [0.1, 0.15) is 0 Å². The first-order chi connectivity index (χ1) is 7.16. The molecule has 1 atom stereocenters. The van der Waals surface area contributed by atoms with Gasteiger partial charge in [-0.25, -0.2) is 0 Å². The first-order valence-electron chi connectivity index (χ1n) is 5.93. The molecule has 0 aliphatic carbocycles. The van der Waals surface area contributed by atoms with Gasteiger partial charge < -0.3 is 5.32 Å². The van der Waals surface area contributed by atoms with E-state index in [-0.39, 0.29) is 0 Å². The first kappa shape index (κ1) is 10.7. The molecule has 3 heteroatoms. The van der Waals surface area contributed by atoms with Crippen LogP contribution in [-0.2, 0) is 13.5 Å². The largest absolute Gasteiger partial charge is 0.309 e. The Morgan fingerprint density at radius 1 is 1.60 bits per heavy atom. The van der Waals surface area contributed by atoms with Gasteiger partial charge in [-0.3, -0.25) is 4.68 Å². The summed E-state index contributed by atoms with van der Waals surface area (Å²) in [6.45, 7) is 5.62. The molecule has 15 heavy (non-hydrogen) atoms. The molecule has 0 spiro atoms. The van der Waals surface area contributed by atoms with Crippen molar-refractivity contribution in [1.29, 1.82) is 0 Å². The standard InChI is InChI=1S/C12H21N3/c1-9(2)7-10-8-12(15(3)14-10)11-5-4-6-13-11/h8-9,11,13H,4-7H2,1-3H3. The second-order valence-corrected chi connectivity index (χ2v) is 4.93. The fourth-order valence-corrected chi connectivity index (χ4v) is 2.32. The molecular formula is C12H21N3. The zero-order valence-electron chi connectivity index (χ0n) is 9.95. The average molecular weight is 207 g/mol. The Morgan fingerprint density at radius 3 is 3.00 bits per heavy atom. The van der Waals surface area contributed by atoms with Crippen LogP contribution in [0.2, 0.25) is 0 Å². The van der Waals surface area contributed by atoms with Gasteiger partial charge in [0.05, 0.1) is 11.4 Å². The molecular weight excluding hydrogens is 186 g/mol. The van der Waals surface area contributed by atoms with Crippen LogP contribution in [0.5, 0.6) is 0 Å².